The van der Waals surface area contributed by atoms with Crippen molar-refractivity contribution in [2.45, 2.75) is 25.4 Å². The predicted molar refractivity (Wildman–Crippen MR) is 68.4 cm³/mol. The second-order valence-electron chi connectivity index (χ2n) is 4.88. The molecule has 0 heterocycles. The molecule has 17 heavy (non-hydrogen) atoms. The molecule has 94 valence electrons. The van der Waals surface area contributed by atoms with Crippen LogP contribution < -0.4 is 4.74 Å². The fraction of sp³-hybridized carbons (Fsp3) is 0.571. The van der Waals surface area contributed by atoms with Crippen molar-refractivity contribution in [1.82, 2.24) is 4.90 Å². The van der Waals surface area contributed by atoms with Gasteiger partial charge in [0.05, 0.1) is 6.10 Å². The first-order valence-corrected chi connectivity index (χ1v) is 6.26. The van der Waals surface area contributed by atoms with Gasteiger partial charge in [-0.15, -0.1) is 0 Å². The van der Waals surface area contributed by atoms with Gasteiger partial charge in [-0.25, -0.2) is 0 Å². The maximum atomic E-state index is 9.94. The van der Waals surface area contributed by atoms with E-state index >= 15 is 0 Å². The molecule has 0 aromatic heterocycles. The molecule has 1 aliphatic carbocycles. The van der Waals surface area contributed by atoms with Gasteiger partial charge in [-0.05, 0) is 50.6 Å². The van der Waals surface area contributed by atoms with Crippen molar-refractivity contribution >= 4 is 0 Å². The van der Waals surface area contributed by atoms with Crippen LogP contribution in [0.2, 0.25) is 0 Å². The fourth-order valence-electron chi connectivity index (χ4n) is 2.26. The number of rotatable bonds is 4. The van der Waals surface area contributed by atoms with E-state index in [0.717, 1.165) is 37.1 Å². The van der Waals surface area contributed by atoms with Crippen LogP contribution in [-0.4, -0.2) is 37.3 Å². The third-order valence-corrected chi connectivity index (χ3v) is 3.23. The Kier molecular flexibility index (Phi) is 4.02. The smallest absolute Gasteiger partial charge is 0.122 e. The summed E-state index contributed by atoms with van der Waals surface area (Å²) in [7, 11) is 4.07. The summed E-state index contributed by atoms with van der Waals surface area (Å²) in [4.78, 5) is 2.10. The summed E-state index contributed by atoms with van der Waals surface area (Å²) in [6.45, 7) is 1.60. The molecule has 0 saturated heterocycles. The van der Waals surface area contributed by atoms with E-state index in [4.69, 9.17) is 4.74 Å². The van der Waals surface area contributed by atoms with Gasteiger partial charge >= 0.3 is 0 Å². The zero-order chi connectivity index (χ0) is 12.3. The van der Waals surface area contributed by atoms with E-state index in [-0.39, 0.29) is 6.10 Å². The van der Waals surface area contributed by atoms with Crippen LogP contribution in [0, 0.1) is 0 Å². The molecule has 3 heteroatoms. The molecule has 1 aromatic carbocycles. The zero-order valence-corrected chi connectivity index (χ0v) is 10.6. The monoisotopic (exact) mass is 235 g/mol. The normalized spacial score (nSPS) is 19.2. The zero-order valence-electron chi connectivity index (χ0n) is 10.6. The molecule has 0 saturated carbocycles. The van der Waals surface area contributed by atoms with Crippen LogP contribution in [0.1, 0.15) is 30.1 Å². The van der Waals surface area contributed by atoms with Crippen molar-refractivity contribution in [3.63, 3.8) is 0 Å². The van der Waals surface area contributed by atoms with Gasteiger partial charge in [0.2, 0.25) is 0 Å². The SMILES string of the molecule is CN(C)CCOc1cccc2c1CCCC2O. The number of aliphatic hydroxyl groups excluding tert-OH is 1. The molecule has 1 aliphatic rings. The lowest BCUT2D eigenvalue weighted by atomic mass is 9.89. The average Bonchev–Trinajstić information content (AvgIpc) is 2.30. The van der Waals surface area contributed by atoms with Crippen LogP contribution in [0.4, 0.5) is 0 Å². The highest BCUT2D eigenvalue weighted by atomic mass is 16.5. The fourth-order valence-corrected chi connectivity index (χ4v) is 2.26. The molecular weight excluding hydrogens is 214 g/mol. The van der Waals surface area contributed by atoms with E-state index in [0.29, 0.717) is 6.61 Å². The summed E-state index contributed by atoms with van der Waals surface area (Å²) in [5.41, 5.74) is 2.25. The van der Waals surface area contributed by atoms with E-state index in [1.807, 2.05) is 32.3 Å². The Labute approximate surface area is 103 Å². The third-order valence-electron chi connectivity index (χ3n) is 3.23. The quantitative estimate of drug-likeness (QED) is 0.866. The van der Waals surface area contributed by atoms with Crippen molar-refractivity contribution in [2.24, 2.45) is 0 Å². The second kappa shape index (κ2) is 5.52. The van der Waals surface area contributed by atoms with Gasteiger partial charge in [0.15, 0.2) is 0 Å². The van der Waals surface area contributed by atoms with E-state index in [9.17, 15) is 5.11 Å². The number of ether oxygens (including phenoxy) is 1. The summed E-state index contributed by atoms with van der Waals surface area (Å²) in [6.07, 6.45) is 2.62. The second-order valence-corrected chi connectivity index (χ2v) is 4.88. The first-order valence-electron chi connectivity index (χ1n) is 6.26. The number of fused-ring (bicyclic) bond motifs is 1. The number of aliphatic hydroxyl groups is 1. The van der Waals surface area contributed by atoms with Crippen LogP contribution in [0.25, 0.3) is 0 Å². The molecule has 1 unspecified atom stereocenters. The molecule has 0 bridgehead atoms. The van der Waals surface area contributed by atoms with Gasteiger partial charge in [-0.3, -0.25) is 0 Å². The number of nitrogens with zero attached hydrogens (tertiary/aromatic N) is 1. The predicted octanol–water partition coefficient (Wildman–Crippen LogP) is 2.00. The first kappa shape index (κ1) is 12.4. The molecule has 1 N–H and O–H groups in total. The van der Waals surface area contributed by atoms with Crippen LogP contribution in [0.3, 0.4) is 0 Å². The summed E-state index contributed by atoms with van der Waals surface area (Å²) < 4.78 is 5.81. The lowest BCUT2D eigenvalue weighted by Crippen LogP contribution is -2.20. The molecule has 1 aromatic rings. The molecule has 0 fully saturated rings. The summed E-state index contributed by atoms with van der Waals surface area (Å²) in [6, 6.07) is 5.99. The summed E-state index contributed by atoms with van der Waals surface area (Å²) >= 11 is 0. The van der Waals surface area contributed by atoms with Gasteiger partial charge in [0, 0.05) is 6.54 Å². The summed E-state index contributed by atoms with van der Waals surface area (Å²) in [5, 5.41) is 9.94. The average molecular weight is 235 g/mol. The minimum atomic E-state index is -0.309. The maximum absolute atomic E-state index is 9.94. The minimum absolute atomic E-state index is 0.309. The van der Waals surface area contributed by atoms with Crippen molar-refractivity contribution in [3.05, 3.63) is 29.3 Å². The molecule has 3 nitrogen and oxygen atoms in total. The Balaban J connectivity index is 2.09. The van der Waals surface area contributed by atoms with Crippen molar-refractivity contribution in [2.75, 3.05) is 27.2 Å². The molecular formula is C14H21NO2. The topological polar surface area (TPSA) is 32.7 Å². The van der Waals surface area contributed by atoms with Gasteiger partial charge in [0.25, 0.3) is 0 Å². The Morgan fingerprint density at radius 2 is 2.24 bits per heavy atom. The summed E-state index contributed by atoms with van der Waals surface area (Å²) in [5.74, 6) is 0.947. The van der Waals surface area contributed by atoms with E-state index in [1.54, 1.807) is 0 Å². The van der Waals surface area contributed by atoms with E-state index in [1.165, 1.54) is 5.56 Å². The molecule has 0 amide bonds. The lowest BCUT2D eigenvalue weighted by molar-refractivity contribution is 0.155. The number of hydrogen-bond acceptors (Lipinski definition) is 3. The van der Waals surface area contributed by atoms with Crippen LogP contribution in [-0.2, 0) is 6.42 Å². The van der Waals surface area contributed by atoms with Gasteiger partial charge in [-0.2, -0.15) is 0 Å². The highest BCUT2D eigenvalue weighted by Crippen LogP contribution is 2.35. The molecule has 0 radical (unpaired) electrons. The first-order chi connectivity index (χ1) is 8.18. The third kappa shape index (κ3) is 2.99. The van der Waals surface area contributed by atoms with Crippen LogP contribution >= 0.6 is 0 Å². The number of likely N-dealkylation sites (N-methyl/N-ethyl adjacent to an activating group) is 1. The molecule has 0 aliphatic heterocycles. The van der Waals surface area contributed by atoms with Gasteiger partial charge in [0.1, 0.15) is 12.4 Å². The number of hydrogen-bond donors (Lipinski definition) is 1. The van der Waals surface area contributed by atoms with Crippen molar-refractivity contribution in [3.8, 4) is 5.75 Å². The molecule has 1 atom stereocenters. The standard InChI is InChI=1S/C14H21NO2/c1-15(2)9-10-17-14-8-4-5-11-12(14)6-3-7-13(11)16/h4-5,8,13,16H,3,6-7,9-10H2,1-2H3. The van der Waals surface area contributed by atoms with Gasteiger partial charge in [-0.1, -0.05) is 12.1 Å². The van der Waals surface area contributed by atoms with Gasteiger partial charge < -0.3 is 14.7 Å². The Hall–Kier alpha value is -1.06. The number of benzene rings is 1. The maximum Gasteiger partial charge on any atom is 0.122 e. The molecule has 2 rings (SSSR count). The van der Waals surface area contributed by atoms with Crippen LogP contribution in [0.15, 0.2) is 18.2 Å². The Morgan fingerprint density at radius 3 is 3.00 bits per heavy atom. The van der Waals surface area contributed by atoms with Crippen molar-refractivity contribution < 1.29 is 9.84 Å². The van der Waals surface area contributed by atoms with Crippen LogP contribution in [0.5, 0.6) is 5.75 Å². The largest absolute Gasteiger partial charge is 0.492 e. The van der Waals surface area contributed by atoms with Crippen molar-refractivity contribution in [1.29, 1.82) is 0 Å². The minimum Gasteiger partial charge on any atom is -0.492 e. The van der Waals surface area contributed by atoms with E-state index in [2.05, 4.69) is 4.90 Å². The Morgan fingerprint density at radius 1 is 1.41 bits per heavy atom. The molecule has 0 spiro atoms. The highest BCUT2D eigenvalue weighted by molar-refractivity contribution is 5.42. The Bertz CT molecular complexity index is 376. The van der Waals surface area contributed by atoms with E-state index < -0.39 is 0 Å². The lowest BCUT2D eigenvalue weighted by Gasteiger charge is -2.24. The highest BCUT2D eigenvalue weighted by Gasteiger charge is 2.20.